The molecule has 0 aromatic carbocycles. The number of aliphatic carboxylic acids is 1. The number of nitrogen functional groups attached to an aromatic ring is 1. The lowest BCUT2D eigenvalue weighted by molar-refractivity contribution is -0.696. The number of carboxylic acid groups (broad SMARTS) is 1. The number of pyridine rings is 1. The average Bonchev–Trinajstić information content (AvgIpc) is 3.59. The monoisotopic (exact) mass is 592 g/mol. The predicted octanol–water partition coefficient (Wildman–Crippen LogP) is 1.77. The molecule has 1 aliphatic carbocycles. The average molecular weight is 593 g/mol. The fourth-order valence-electron chi connectivity index (χ4n) is 4.98. The van der Waals surface area contributed by atoms with Crippen molar-refractivity contribution in [2.75, 3.05) is 25.7 Å². The van der Waals surface area contributed by atoms with E-state index in [0.29, 0.717) is 17.9 Å². The van der Waals surface area contributed by atoms with Gasteiger partial charge in [0.25, 0.3) is 11.8 Å². The van der Waals surface area contributed by atoms with Gasteiger partial charge in [0.05, 0.1) is 11.3 Å². The molecule has 15 heteroatoms. The first-order valence-electron chi connectivity index (χ1n) is 12.0. The molecule has 0 bridgehead atoms. The van der Waals surface area contributed by atoms with Gasteiger partial charge < -0.3 is 25.2 Å². The van der Waals surface area contributed by atoms with E-state index in [-0.39, 0.29) is 22.1 Å². The number of β-lactam (4-membered cyclic amide) rings is 1. The zero-order chi connectivity index (χ0) is 27.9. The smallest absolute Gasteiger partial charge is 0.354 e. The number of aryl methyl sites for hydroxylation is 1. The largest absolute Gasteiger partial charge is 0.477 e. The van der Waals surface area contributed by atoms with Crippen LogP contribution in [0.1, 0.15) is 23.4 Å². The normalized spacial score (nSPS) is 20.9. The van der Waals surface area contributed by atoms with Crippen LogP contribution in [-0.2, 0) is 47.4 Å². The van der Waals surface area contributed by atoms with Crippen LogP contribution in [0.2, 0.25) is 0 Å². The Morgan fingerprint density at radius 2 is 2.13 bits per heavy atom. The number of hydrogen-bond donors (Lipinski definition) is 3. The van der Waals surface area contributed by atoms with Crippen molar-refractivity contribution in [1.82, 2.24) is 15.2 Å². The molecule has 2 aromatic rings. The fraction of sp³-hybridized carbons (Fsp3) is 0.375. The number of hydrogen-bond acceptors (Lipinski definition) is 10. The van der Waals surface area contributed by atoms with Gasteiger partial charge in [-0.05, 0) is 18.9 Å². The Labute approximate surface area is 232 Å². The second-order valence-electron chi connectivity index (χ2n) is 9.10. The van der Waals surface area contributed by atoms with Gasteiger partial charge in [0.15, 0.2) is 23.6 Å². The summed E-state index contributed by atoms with van der Waals surface area (Å²) in [5.41, 5.74) is 8.76. The summed E-state index contributed by atoms with van der Waals surface area (Å²) in [7, 11) is -1.43. The van der Waals surface area contributed by atoms with E-state index in [1.807, 2.05) is 12.3 Å². The molecule has 2 aromatic heterocycles. The molecular formula is C24H27N5O7PS2+. The van der Waals surface area contributed by atoms with Crippen LogP contribution in [0.15, 0.2) is 40.8 Å². The Balaban J connectivity index is 1.39. The number of rotatable bonds is 9. The quantitative estimate of drug-likeness (QED) is 0.169. The van der Waals surface area contributed by atoms with Gasteiger partial charge in [-0.15, -0.1) is 23.1 Å². The van der Waals surface area contributed by atoms with Crippen molar-refractivity contribution in [3.8, 4) is 0 Å². The number of amides is 2. The summed E-state index contributed by atoms with van der Waals surface area (Å²) >= 11 is 2.46. The third-order valence-electron chi connectivity index (χ3n) is 6.88. The maximum Gasteiger partial charge on any atom is 0.354 e. The van der Waals surface area contributed by atoms with Crippen LogP contribution in [0, 0.1) is 0 Å². The van der Waals surface area contributed by atoms with Crippen LogP contribution < -0.4 is 15.6 Å². The minimum Gasteiger partial charge on any atom is -0.477 e. The van der Waals surface area contributed by atoms with Crippen LogP contribution in [0.5, 0.6) is 0 Å². The highest BCUT2D eigenvalue weighted by Gasteiger charge is 2.55. The highest BCUT2D eigenvalue weighted by molar-refractivity contribution is 8.00. The highest BCUT2D eigenvalue weighted by atomic mass is 32.2. The first-order valence-corrected chi connectivity index (χ1v) is 15.6. The molecule has 2 aliphatic heterocycles. The number of nitrogens with two attached hydrogens (primary N) is 1. The summed E-state index contributed by atoms with van der Waals surface area (Å²) in [4.78, 5) is 44.2. The minimum absolute atomic E-state index is 0.0522. The van der Waals surface area contributed by atoms with Crippen LogP contribution >= 0.6 is 30.7 Å². The molecule has 2 amide bonds. The van der Waals surface area contributed by atoms with Crippen molar-refractivity contribution >= 4 is 59.2 Å². The summed E-state index contributed by atoms with van der Waals surface area (Å²) in [5, 5.41) is 13.8. The third kappa shape index (κ3) is 5.14. The number of thiazole rings is 1. The van der Waals surface area contributed by atoms with Gasteiger partial charge in [0.1, 0.15) is 17.1 Å². The summed E-state index contributed by atoms with van der Waals surface area (Å²) < 4.78 is 24.7. The highest BCUT2D eigenvalue weighted by Crippen LogP contribution is 2.50. The lowest BCUT2D eigenvalue weighted by Gasteiger charge is -2.49. The second kappa shape index (κ2) is 10.9. The van der Waals surface area contributed by atoms with Crippen LogP contribution in [0.4, 0.5) is 5.13 Å². The molecule has 1 fully saturated rings. The summed E-state index contributed by atoms with van der Waals surface area (Å²) in [6.07, 6.45) is 4.92. The predicted molar refractivity (Wildman–Crippen MR) is 144 cm³/mol. The first-order chi connectivity index (χ1) is 18.7. The molecular weight excluding hydrogens is 565 g/mol. The van der Waals surface area contributed by atoms with E-state index in [4.69, 9.17) is 14.8 Å². The van der Waals surface area contributed by atoms with E-state index in [0.717, 1.165) is 36.4 Å². The molecule has 3 aliphatic rings. The maximum atomic E-state index is 13.3. The van der Waals surface area contributed by atoms with Gasteiger partial charge in [-0.25, -0.2) is 9.78 Å². The number of anilines is 1. The van der Waals surface area contributed by atoms with Crippen molar-refractivity contribution in [3.63, 3.8) is 0 Å². The molecule has 0 radical (unpaired) electrons. The van der Waals surface area contributed by atoms with Gasteiger partial charge >= 0.3 is 13.6 Å². The van der Waals surface area contributed by atoms with Crippen molar-refractivity contribution in [2.24, 2.45) is 0 Å². The maximum absolute atomic E-state index is 13.3. The van der Waals surface area contributed by atoms with E-state index in [9.17, 15) is 24.1 Å². The number of carbonyl (C=O) groups excluding carboxylic acids is 2. The molecule has 1 saturated heterocycles. The standard InChI is InChI=1S/C24H26N5O7PS2/c1-35-37(34,36-2)10-15(16-12-39-24(25)26-16)20(30)27-18-21(31)29-19(23(32)33)14(11-38-22(18)29)9-28-8-4-6-13-5-3-7-17(13)28/h4,6,8,10,12,18,22H,3,5,7,9,11H2,1-2H3,(H3-,25,26,27,30,32,33)/p+1/b15-10-/t18-,22-/m1/s1. The number of carboxylic acids is 1. The second-order valence-corrected chi connectivity index (χ2v) is 13.2. The van der Waals surface area contributed by atoms with Gasteiger partial charge in [0.2, 0.25) is 0 Å². The number of aromatic nitrogens is 2. The topological polar surface area (TPSA) is 165 Å². The van der Waals surface area contributed by atoms with E-state index >= 15 is 0 Å². The van der Waals surface area contributed by atoms with Crippen LogP contribution in [0.3, 0.4) is 0 Å². The molecule has 206 valence electrons. The fourth-order valence-corrected chi connectivity index (χ4v) is 7.80. The number of fused-ring (bicyclic) bond motifs is 2. The van der Waals surface area contributed by atoms with E-state index < -0.39 is 36.8 Å². The number of thioether (sulfide) groups is 1. The molecule has 2 atom stereocenters. The van der Waals surface area contributed by atoms with Crippen molar-refractivity contribution < 1.29 is 37.7 Å². The Morgan fingerprint density at radius 3 is 2.79 bits per heavy atom. The molecule has 39 heavy (non-hydrogen) atoms. The van der Waals surface area contributed by atoms with E-state index in [1.165, 1.54) is 47.5 Å². The number of carbonyl (C=O) groups is 3. The summed E-state index contributed by atoms with van der Waals surface area (Å²) in [6.45, 7) is 0.368. The van der Waals surface area contributed by atoms with Crippen LogP contribution in [-0.4, -0.2) is 64.2 Å². The first kappa shape index (κ1) is 27.5. The number of nitrogens with zero attached hydrogens (tertiary/aromatic N) is 3. The minimum atomic E-state index is -3.78. The lowest BCUT2D eigenvalue weighted by atomic mass is 10.0. The zero-order valence-corrected chi connectivity index (χ0v) is 23.7. The lowest BCUT2D eigenvalue weighted by Crippen LogP contribution is -2.70. The Hall–Kier alpha value is -3.03. The zero-order valence-electron chi connectivity index (χ0n) is 21.2. The number of nitrogens with one attached hydrogen (secondary N) is 1. The van der Waals surface area contributed by atoms with Gasteiger partial charge in [-0.1, -0.05) is 0 Å². The van der Waals surface area contributed by atoms with Crippen molar-refractivity contribution in [2.45, 2.75) is 37.2 Å². The molecule has 4 heterocycles. The molecule has 0 spiro atoms. The Bertz CT molecular complexity index is 1460. The molecule has 0 unspecified atom stereocenters. The Kier molecular flexibility index (Phi) is 7.66. The Morgan fingerprint density at radius 1 is 1.36 bits per heavy atom. The summed E-state index contributed by atoms with van der Waals surface area (Å²) in [6, 6.07) is 3.05. The third-order valence-corrected chi connectivity index (χ3v) is 10.5. The summed E-state index contributed by atoms with van der Waals surface area (Å²) in [5.74, 6) is -1.07. The van der Waals surface area contributed by atoms with Gasteiger partial charge in [-0.2, -0.15) is 4.57 Å². The van der Waals surface area contributed by atoms with Gasteiger partial charge in [0, 0.05) is 54.8 Å². The molecule has 0 saturated carbocycles. The van der Waals surface area contributed by atoms with Gasteiger partial charge in [-0.3, -0.25) is 19.1 Å². The van der Waals surface area contributed by atoms with E-state index in [1.54, 1.807) is 0 Å². The van der Waals surface area contributed by atoms with E-state index in [2.05, 4.69) is 20.9 Å². The van der Waals surface area contributed by atoms with Crippen LogP contribution in [0.25, 0.3) is 5.57 Å². The molecule has 12 nitrogen and oxygen atoms in total. The molecule has 4 N–H and O–H groups in total. The molecule has 5 rings (SSSR count). The van der Waals surface area contributed by atoms with Crippen molar-refractivity contribution in [3.05, 3.63) is 57.7 Å². The van der Waals surface area contributed by atoms with Crippen molar-refractivity contribution in [1.29, 1.82) is 0 Å². The SMILES string of the molecule is COP(=O)(/C=C(\C(=O)N[C@@H]1C(=O)N2C(C(=O)O)=C(C[n+]3cccc4c3CCC4)CS[C@H]12)c1csc(N)n1)OC.